The van der Waals surface area contributed by atoms with E-state index in [4.69, 9.17) is 0 Å². The largest absolute Gasteiger partial charge is 0.351 e. The van der Waals surface area contributed by atoms with Crippen LogP contribution < -0.4 is 5.32 Å². The number of hydrogen-bond donors (Lipinski definition) is 1. The van der Waals surface area contributed by atoms with Crippen LogP contribution in [0.1, 0.15) is 54.8 Å². The highest BCUT2D eigenvalue weighted by atomic mass is 16.2. The Morgan fingerprint density at radius 3 is 2.52 bits per heavy atom. The third-order valence-corrected chi connectivity index (χ3v) is 6.46. The monoisotopic (exact) mass is 419 g/mol. The Hall–Kier alpha value is -2.66. The Morgan fingerprint density at radius 1 is 1.03 bits per heavy atom. The van der Waals surface area contributed by atoms with Gasteiger partial charge in [0.15, 0.2) is 0 Å². The first kappa shape index (κ1) is 21.6. The maximum absolute atomic E-state index is 13.3. The van der Waals surface area contributed by atoms with E-state index < -0.39 is 6.04 Å². The average molecular weight is 420 g/mol. The predicted octanol–water partition coefficient (Wildman–Crippen LogP) is 3.83. The molecular formula is C26H33N3O2. The summed E-state index contributed by atoms with van der Waals surface area (Å²) in [6.07, 6.45) is 4.28. The Morgan fingerprint density at radius 2 is 1.81 bits per heavy atom. The summed E-state index contributed by atoms with van der Waals surface area (Å²) in [5, 5.41) is 3.27. The van der Waals surface area contributed by atoms with Gasteiger partial charge in [-0.05, 0) is 43.7 Å². The van der Waals surface area contributed by atoms with Gasteiger partial charge in [-0.1, -0.05) is 60.2 Å². The molecule has 2 amide bonds. The van der Waals surface area contributed by atoms with Crippen molar-refractivity contribution in [2.24, 2.45) is 0 Å². The van der Waals surface area contributed by atoms with Crippen molar-refractivity contribution in [2.45, 2.75) is 57.7 Å². The van der Waals surface area contributed by atoms with Gasteiger partial charge < -0.3 is 10.2 Å². The molecule has 2 aliphatic heterocycles. The van der Waals surface area contributed by atoms with Crippen LogP contribution in [-0.2, 0) is 16.1 Å². The van der Waals surface area contributed by atoms with E-state index in [1.54, 1.807) is 4.90 Å². The van der Waals surface area contributed by atoms with Crippen LogP contribution >= 0.6 is 0 Å². The molecule has 0 aromatic heterocycles. The number of amides is 2. The molecule has 0 radical (unpaired) electrons. The van der Waals surface area contributed by atoms with Crippen LogP contribution in [0.4, 0.5) is 0 Å². The highest BCUT2D eigenvalue weighted by molar-refractivity contribution is 5.89. The molecule has 5 nitrogen and oxygen atoms in total. The van der Waals surface area contributed by atoms with Crippen molar-refractivity contribution in [1.82, 2.24) is 15.1 Å². The van der Waals surface area contributed by atoms with E-state index in [1.807, 2.05) is 30.3 Å². The summed E-state index contributed by atoms with van der Waals surface area (Å²) in [7, 11) is 0. The van der Waals surface area contributed by atoms with Crippen LogP contribution in [0, 0.1) is 6.92 Å². The van der Waals surface area contributed by atoms with Crippen molar-refractivity contribution in [3.8, 4) is 0 Å². The minimum absolute atomic E-state index is 0.0430. The van der Waals surface area contributed by atoms with Crippen molar-refractivity contribution in [2.75, 3.05) is 19.6 Å². The molecule has 0 aliphatic carbocycles. The second-order valence-electron chi connectivity index (χ2n) is 8.91. The van der Waals surface area contributed by atoms with E-state index in [0.29, 0.717) is 13.0 Å². The first-order valence-electron chi connectivity index (χ1n) is 11.5. The van der Waals surface area contributed by atoms with Crippen LogP contribution in [0.25, 0.3) is 0 Å². The van der Waals surface area contributed by atoms with Gasteiger partial charge in [-0.25, -0.2) is 0 Å². The van der Waals surface area contributed by atoms with Crippen molar-refractivity contribution in [3.63, 3.8) is 0 Å². The fraction of sp³-hybridized carbons (Fsp3) is 0.462. The molecule has 31 heavy (non-hydrogen) atoms. The summed E-state index contributed by atoms with van der Waals surface area (Å²) < 4.78 is 0. The van der Waals surface area contributed by atoms with E-state index >= 15 is 0 Å². The van der Waals surface area contributed by atoms with Gasteiger partial charge in [0, 0.05) is 38.6 Å². The summed E-state index contributed by atoms with van der Waals surface area (Å²) in [6, 6.07) is 18.0. The van der Waals surface area contributed by atoms with Crippen LogP contribution in [0.2, 0.25) is 0 Å². The molecule has 2 aromatic rings. The molecule has 164 valence electrons. The third kappa shape index (κ3) is 5.53. The number of aryl methyl sites for hydroxylation is 1. The first-order valence-corrected chi connectivity index (χ1v) is 11.5. The molecule has 2 aromatic carbocycles. The summed E-state index contributed by atoms with van der Waals surface area (Å²) in [4.78, 5) is 30.2. The van der Waals surface area contributed by atoms with Gasteiger partial charge in [0.05, 0.1) is 0 Å². The second-order valence-corrected chi connectivity index (χ2v) is 8.91. The molecular weight excluding hydrogens is 386 g/mol. The Balaban J connectivity index is 1.37. The molecule has 2 saturated heterocycles. The highest BCUT2D eigenvalue weighted by Gasteiger charge is 2.34. The minimum Gasteiger partial charge on any atom is -0.351 e. The molecule has 2 heterocycles. The van der Waals surface area contributed by atoms with E-state index in [-0.39, 0.29) is 17.9 Å². The van der Waals surface area contributed by atoms with Gasteiger partial charge in [-0.2, -0.15) is 0 Å². The fourth-order valence-corrected chi connectivity index (χ4v) is 4.79. The normalized spacial score (nSPS) is 19.3. The quantitative estimate of drug-likeness (QED) is 0.774. The molecule has 0 saturated carbocycles. The van der Waals surface area contributed by atoms with Crippen LogP contribution in [0.15, 0.2) is 54.6 Å². The lowest BCUT2D eigenvalue weighted by Crippen LogP contribution is -2.50. The summed E-state index contributed by atoms with van der Waals surface area (Å²) in [6.45, 7) is 5.68. The van der Waals surface area contributed by atoms with E-state index in [9.17, 15) is 9.59 Å². The molecule has 1 atom stereocenters. The number of likely N-dealkylation sites (tertiary alicyclic amines) is 2. The van der Waals surface area contributed by atoms with Crippen molar-refractivity contribution in [3.05, 3.63) is 71.3 Å². The maximum atomic E-state index is 13.3. The molecule has 2 fully saturated rings. The summed E-state index contributed by atoms with van der Waals surface area (Å²) >= 11 is 0. The number of nitrogens with one attached hydrogen (secondary N) is 1. The Labute approximate surface area is 185 Å². The van der Waals surface area contributed by atoms with Crippen LogP contribution in [0.5, 0.6) is 0 Å². The Kier molecular flexibility index (Phi) is 7.03. The number of carbonyl (C=O) groups is 2. The minimum atomic E-state index is -0.528. The Bertz CT molecular complexity index is 891. The van der Waals surface area contributed by atoms with Crippen molar-refractivity contribution >= 4 is 11.8 Å². The van der Waals surface area contributed by atoms with Gasteiger partial charge >= 0.3 is 0 Å². The van der Waals surface area contributed by atoms with E-state index in [2.05, 4.69) is 41.4 Å². The number of piperidine rings is 2. The second kappa shape index (κ2) is 10.1. The highest BCUT2D eigenvalue weighted by Crippen LogP contribution is 2.26. The molecule has 5 heteroatoms. The number of benzene rings is 2. The summed E-state index contributed by atoms with van der Waals surface area (Å²) in [5.74, 6) is 0.0433. The van der Waals surface area contributed by atoms with Gasteiger partial charge in [0.1, 0.15) is 6.04 Å². The lowest BCUT2D eigenvalue weighted by Gasteiger charge is -2.37. The zero-order valence-corrected chi connectivity index (χ0v) is 18.4. The van der Waals surface area contributed by atoms with Gasteiger partial charge in [0.2, 0.25) is 11.8 Å². The van der Waals surface area contributed by atoms with Crippen molar-refractivity contribution in [1.29, 1.82) is 0 Å². The van der Waals surface area contributed by atoms with Crippen molar-refractivity contribution < 1.29 is 9.59 Å². The lowest BCUT2D eigenvalue weighted by molar-refractivity contribution is -0.143. The smallest absolute Gasteiger partial charge is 0.247 e. The number of rotatable bonds is 6. The predicted molar refractivity (Wildman–Crippen MR) is 122 cm³/mol. The topological polar surface area (TPSA) is 52.7 Å². The van der Waals surface area contributed by atoms with E-state index in [0.717, 1.165) is 50.9 Å². The number of hydrogen-bond acceptors (Lipinski definition) is 3. The van der Waals surface area contributed by atoms with Gasteiger partial charge in [0.25, 0.3) is 0 Å². The SMILES string of the molecule is Cc1cccc(CN2CCC(NC(=O)C(c3ccccc3)N3CCCCC3=O)CC2)c1. The standard InChI is InChI=1S/C26H33N3O2/c1-20-8-7-9-21(18-20)19-28-16-13-23(14-17-28)27-26(31)25(22-10-3-2-4-11-22)29-15-6-5-12-24(29)30/h2-4,7-11,18,23,25H,5-6,12-17,19H2,1H3,(H,27,31). The molecule has 0 spiro atoms. The van der Waals surface area contributed by atoms with Gasteiger partial charge in [-0.3, -0.25) is 14.5 Å². The molecule has 1 unspecified atom stereocenters. The van der Waals surface area contributed by atoms with Crippen LogP contribution in [0.3, 0.4) is 0 Å². The summed E-state index contributed by atoms with van der Waals surface area (Å²) in [5.41, 5.74) is 3.53. The molecule has 4 rings (SSSR count). The number of nitrogens with zero attached hydrogens (tertiary/aromatic N) is 2. The molecule has 2 aliphatic rings. The average Bonchev–Trinajstić information content (AvgIpc) is 2.77. The lowest BCUT2D eigenvalue weighted by atomic mass is 9.98. The van der Waals surface area contributed by atoms with Crippen LogP contribution in [-0.4, -0.2) is 47.3 Å². The fourth-order valence-electron chi connectivity index (χ4n) is 4.79. The first-order chi connectivity index (χ1) is 15.1. The maximum Gasteiger partial charge on any atom is 0.247 e. The molecule has 1 N–H and O–H groups in total. The number of carbonyl (C=O) groups excluding carboxylic acids is 2. The van der Waals surface area contributed by atoms with E-state index in [1.165, 1.54) is 11.1 Å². The van der Waals surface area contributed by atoms with Gasteiger partial charge in [-0.15, -0.1) is 0 Å². The molecule has 0 bridgehead atoms. The zero-order chi connectivity index (χ0) is 21.6. The zero-order valence-electron chi connectivity index (χ0n) is 18.4. The third-order valence-electron chi connectivity index (χ3n) is 6.46.